The first-order valence-corrected chi connectivity index (χ1v) is 8.33. The third-order valence-electron chi connectivity index (χ3n) is 4.92. The van der Waals surface area contributed by atoms with E-state index in [-0.39, 0.29) is 0 Å². The van der Waals surface area contributed by atoms with E-state index >= 15 is 0 Å². The molecule has 2 aliphatic rings. The molecule has 0 amide bonds. The lowest BCUT2D eigenvalue weighted by molar-refractivity contribution is 0.149. The van der Waals surface area contributed by atoms with Gasteiger partial charge in [-0.2, -0.15) is 0 Å². The van der Waals surface area contributed by atoms with Crippen LogP contribution in [0.2, 0.25) is 0 Å². The van der Waals surface area contributed by atoms with Crippen molar-refractivity contribution < 1.29 is 0 Å². The SMILES string of the molecule is Cc1ccc(CN2CCCC2CN2CCCCC2)cc1. The highest BCUT2D eigenvalue weighted by atomic mass is 15.2. The van der Waals surface area contributed by atoms with Crippen molar-refractivity contribution in [3.63, 3.8) is 0 Å². The zero-order chi connectivity index (χ0) is 13.8. The van der Waals surface area contributed by atoms with Crippen molar-refractivity contribution in [1.29, 1.82) is 0 Å². The minimum absolute atomic E-state index is 0.786. The molecule has 0 aliphatic carbocycles. The number of aryl methyl sites for hydroxylation is 1. The van der Waals surface area contributed by atoms with Gasteiger partial charge in [-0.3, -0.25) is 4.90 Å². The van der Waals surface area contributed by atoms with Crippen molar-refractivity contribution in [2.45, 2.75) is 51.6 Å². The highest BCUT2D eigenvalue weighted by Gasteiger charge is 2.26. The van der Waals surface area contributed by atoms with Gasteiger partial charge in [-0.15, -0.1) is 0 Å². The molecule has 2 heteroatoms. The van der Waals surface area contributed by atoms with Gasteiger partial charge in [0.05, 0.1) is 0 Å². The van der Waals surface area contributed by atoms with Gasteiger partial charge in [-0.25, -0.2) is 0 Å². The zero-order valence-corrected chi connectivity index (χ0v) is 12.9. The van der Waals surface area contributed by atoms with Crippen molar-refractivity contribution in [2.75, 3.05) is 26.2 Å². The lowest BCUT2D eigenvalue weighted by Gasteiger charge is -2.33. The van der Waals surface area contributed by atoms with Crippen LogP contribution in [0.3, 0.4) is 0 Å². The maximum absolute atomic E-state index is 2.71. The van der Waals surface area contributed by atoms with Crippen molar-refractivity contribution in [1.82, 2.24) is 9.80 Å². The molecule has 0 radical (unpaired) electrons. The summed E-state index contributed by atoms with van der Waals surface area (Å²) in [4.78, 5) is 5.40. The van der Waals surface area contributed by atoms with E-state index in [9.17, 15) is 0 Å². The Balaban J connectivity index is 1.56. The Hall–Kier alpha value is -0.860. The van der Waals surface area contributed by atoms with Crippen molar-refractivity contribution >= 4 is 0 Å². The molecule has 0 saturated carbocycles. The number of nitrogens with zero attached hydrogens (tertiary/aromatic N) is 2. The molecule has 0 bridgehead atoms. The largest absolute Gasteiger partial charge is 0.302 e. The Labute approximate surface area is 123 Å². The Morgan fingerprint density at radius 3 is 2.45 bits per heavy atom. The lowest BCUT2D eigenvalue weighted by atomic mass is 10.1. The minimum atomic E-state index is 0.786. The predicted molar refractivity (Wildman–Crippen MR) is 84.9 cm³/mol. The fourth-order valence-corrected chi connectivity index (χ4v) is 3.68. The van der Waals surface area contributed by atoms with Crippen LogP contribution in [0.1, 0.15) is 43.2 Å². The molecular formula is C18H28N2. The van der Waals surface area contributed by atoms with Crippen LogP contribution in [-0.2, 0) is 6.54 Å². The molecule has 2 saturated heterocycles. The van der Waals surface area contributed by atoms with Gasteiger partial charge in [0.25, 0.3) is 0 Å². The van der Waals surface area contributed by atoms with E-state index in [4.69, 9.17) is 0 Å². The third-order valence-corrected chi connectivity index (χ3v) is 4.92. The van der Waals surface area contributed by atoms with Crippen LogP contribution in [-0.4, -0.2) is 42.0 Å². The molecular weight excluding hydrogens is 244 g/mol. The van der Waals surface area contributed by atoms with Crippen LogP contribution in [0, 0.1) is 6.92 Å². The second kappa shape index (κ2) is 6.73. The second-order valence-electron chi connectivity index (χ2n) is 6.61. The van der Waals surface area contributed by atoms with Crippen LogP contribution in [0.25, 0.3) is 0 Å². The van der Waals surface area contributed by atoms with E-state index in [1.54, 1.807) is 0 Å². The number of piperidine rings is 1. The highest BCUT2D eigenvalue weighted by Crippen LogP contribution is 2.22. The number of hydrogen-bond acceptors (Lipinski definition) is 2. The van der Waals surface area contributed by atoms with Crippen LogP contribution in [0.5, 0.6) is 0 Å². The number of likely N-dealkylation sites (tertiary alicyclic amines) is 2. The summed E-state index contributed by atoms with van der Waals surface area (Å²) in [5, 5.41) is 0. The van der Waals surface area contributed by atoms with Gasteiger partial charge < -0.3 is 4.90 Å². The van der Waals surface area contributed by atoms with Crippen molar-refractivity contribution in [3.8, 4) is 0 Å². The Morgan fingerprint density at radius 2 is 1.70 bits per heavy atom. The maximum atomic E-state index is 2.71. The standard InChI is InChI=1S/C18H28N2/c1-16-7-9-17(10-8-16)14-20-13-5-6-18(20)15-19-11-3-2-4-12-19/h7-10,18H,2-6,11-15H2,1H3. The molecule has 2 aliphatic heterocycles. The lowest BCUT2D eigenvalue weighted by Crippen LogP contribution is -2.42. The van der Waals surface area contributed by atoms with E-state index in [0.717, 1.165) is 12.6 Å². The first-order valence-electron chi connectivity index (χ1n) is 8.33. The summed E-state index contributed by atoms with van der Waals surface area (Å²) < 4.78 is 0. The van der Waals surface area contributed by atoms with Crippen LogP contribution in [0.15, 0.2) is 24.3 Å². The minimum Gasteiger partial charge on any atom is -0.302 e. The molecule has 2 fully saturated rings. The van der Waals surface area contributed by atoms with E-state index in [0.29, 0.717) is 0 Å². The molecule has 1 aromatic carbocycles. The summed E-state index contributed by atoms with van der Waals surface area (Å²) in [5.74, 6) is 0. The first-order chi connectivity index (χ1) is 9.81. The van der Waals surface area contributed by atoms with Gasteiger partial charge >= 0.3 is 0 Å². The van der Waals surface area contributed by atoms with Gasteiger partial charge in [0.1, 0.15) is 0 Å². The predicted octanol–water partition coefficient (Wildman–Crippen LogP) is 3.45. The molecule has 3 rings (SSSR count). The summed E-state index contributed by atoms with van der Waals surface area (Å²) in [5.41, 5.74) is 2.83. The molecule has 1 atom stereocenters. The Kier molecular flexibility index (Phi) is 4.74. The van der Waals surface area contributed by atoms with E-state index in [1.807, 2.05) is 0 Å². The molecule has 0 N–H and O–H groups in total. The molecule has 110 valence electrons. The van der Waals surface area contributed by atoms with E-state index < -0.39 is 0 Å². The summed E-state index contributed by atoms with van der Waals surface area (Å²) in [6.07, 6.45) is 7.02. The number of benzene rings is 1. The van der Waals surface area contributed by atoms with E-state index in [1.165, 1.54) is 69.4 Å². The molecule has 0 aromatic heterocycles. The summed E-state index contributed by atoms with van der Waals surface area (Å²) in [7, 11) is 0. The van der Waals surface area contributed by atoms with Crippen molar-refractivity contribution in [2.24, 2.45) is 0 Å². The van der Waals surface area contributed by atoms with Gasteiger partial charge in [0, 0.05) is 19.1 Å². The average Bonchev–Trinajstić information content (AvgIpc) is 2.90. The summed E-state index contributed by atoms with van der Waals surface area (Å²) >= 11 is 0. The average molecular weight is 272 g/mol. The fourth-order valence-electron chi connectivity index (χ4n) is 3.68. The molecule has 2 nitrogen and oxygen atoms in total. The van der Waals surface area contributed by atoms with Gasteiger partial charge in [0.2, 0.25) is 0 Å². The molecule has 1 unspecified atom stereocenters. The zero-order valence-electron chi connectivity index (χ0n) is 12.9. The van der Waals surface area contributed by atoms with Crippen LogP contribution >= 0.6 is 0 Å². The molecule has 0 spiro atoms. The number of rotatable bonds is 4. The Bertz CT molecular complexity index is 406. The smallest absolute Gasteiger partial charge is 0.0237 e. The number of hydrogen-bond donors (Lipinski definition) is 0. The van der Waals surface area contributed by atoms with Crippen LogP contribution in [0.4, 0.5) is 0 Å². The van der Waals surface area contributed by atoms with E-state index in [2.05, 4.69) is 41.0 Å². The normalized spacial score (nSPS) is 25.1. The summed E-state index contributed by atoms with van der Waals surface area (Å²) in [6.45, 7) is 8.54. The Morgan fingerprint density at radius 1 is 0.950 bits per heavy atom. The fraction of sp³-hybridized carbons (Fsp3) is 0.667. The first kappa shape index (κ1) is 14.1. The van der Waals surface area contributed by atoms with Crippen LogP contribution < -0.4 is 0 Å². The van der Waals surface area contributed by atoms with Crippen molar-refractivity contribution in [3.05, 3.63) is 35.4 Å². The molecule has 2 heterocycles. The quantitative estimate of drug-likeness (QED) is 0.828. The molecule has 20 heavy (non-hydrogen) atoms. The topological polar surface area (TPSA) is 6.48 Å². The van der Waals surface area contributed by atoms with Gasteiger partial charge in [0.15, 0.2) is 0 Å². The van der Waals surface area contributed by atoms with Gasteiger partial charge in [-0.05, 0) is 57.8 Å². The van der Waals surface area contributed by atoms with Gasteiger partial charge in [-0.1, -0.05) is 36.2 Å². The highest BCUT2D eigenvalue weighted by molar-refractivity contribution is 5.21. The third kappa shape index (κ3) is 3.62. The monoisotopic (exact) mass is 272 g/mol. The maximum Gasteiger partial charge on any atom is 0.0237 e. The summed E-state index contributed by atoms with van der Waals surface area (Å²) in [6, 6.07) is 9.86. The molecule has 1 aromatic rings. The second-order valence-corrected chi connectivity index (χ2v) is 6.61.